The number of para-hydroxylation sites is 1. The molecule has 5 heteroatoms. The maximum absolute atomic E-state index is 13.8. The Morgan fingerprint density at radius 1 is 0.621 bits per heavy atom. The molecule has 4 nitrogen and oxygen atoms in total. The van der Waals surface area contributed by atoms with Crippen LogP contribution in [0.15, 0.2) is 91.0 Å². The standard InChI is InChI=1S/C24H19O4P/c25-29(26-20-10-2-1-3-11-20,27-23-16-14-18-8-4-6-12-21(18)23)28-24-17-15-19-9-5-7-13-22(19)24/h1-17,23-24H. The summed E-state index contributed by atoms with van der Waals surface area (Å²) in [6, 6.07) is 24.6. The van der Waals surface area contributed by atoms with Gasteiger partial charge in [-0.3, -0.25) is 9.05 Å². The lowest BCUT2D eigenvalue weighted by atomic mass is 10.1. The molecule has 0 fully saturated rings. The molecule has 29 heavy (non-hydrogen) atoms. The van der Waals surface area contributed by atoms with E-state index in [4.69, 9.17) is 13.6 Å². The van der Waals surface area contributed by atoms with Gasteiger partial charge in [-0.2, -0.15) is 0 Å². The van der Waals surface area contributed by atoms with Crippen molar-refractivity contribution in [1.82, 2.24) is 0 Å². The van der Waals surface area contributed by atoms with E-state index in [1.165, 1.54) is 0 Å². The van der Waals surface area contributed by atoms with E-state index in [-0.39, 0.29) is 0 Å². The van der Waals surface area contributed by atoms with Crippen molar-refractivity contribution in [2.75, 3.05) is 0 Å². The van der Waals surface area contributed by atoms with E-state index in [9.17, 15) is 4.57 Å². The van der Waals surface area contributed by atoms with E-state index >= 15 is 0 Å². The van der Waals surface area contributed by atoms with Crippen LogP contribution in [0.4, 0.5) is 0 Å². The minimum Gasteiger partial charge on any atom is -0.404 e. The maximum Gasteiger partial charge on any atom is 0.531 e. The molecule has 0 radical (unpaired) electrons. The molecule has 2 aliphatic rings. The molecule has 3 aromatic rings. The van der Waals surface area contributed by atoms with Crippen LogP contribution in [0.3, 0.4) is 0 Å². The molecule has 0 aliphatic heterocycles. The Morgan fingerprint density at radius 2 is 1.10 bits per heavy atom. The number of benzene rings is 3. The fourth-order valence-electron chi connectivity index (χ4n) is 3.57. The Labute approximate surface area is 169 Å². The summed E-state index contributed by atoms with van der Waals surface area (Å²) in [6.07, 6.45) is 6.65. The van der Waals surface area contributed by atoms with Gasteiger partial charge in [0.1, 0.15) is 18.0 Å². The average Bonchev–Trinajstić information content (AvgIpc) is 3.33. The third-order valence-electron chi connectivity index (χ3n) is 4.95. The summed E-state index contributed by atoms with van der Waals surface area (Å²) in [6.45, 7) is 0. The summed E-state index contributed by atoms with van der Waals surface area (Å²) in [5.74, 6) is 0.432. The van der Waals surface area contributed by atoms with Crippen LogP contribution in [0.25, 0.3) is 12.2 Å². The van der Waals surface area contributed by atoms with Gasteiger partial charge in [-0.15, -0.1) is 0 Å². The number of phosphoric acid groups is 1. The lowest BCUT2D eigenvalue weighted by Gasteiger charge is -2.24. The van der Waals surface area contributed by atoms with E-state index in [1.54, 1.807) is 12.1 Å². The van der Waals surface area contributed by atoms with Crippen LogP contribution in [0.1, 0.15) is 34.5 Å². The maximum atomic E-state index is 13.8. The molecule has 0 saturated heterocycles. The Kier molecular flexibility index (Phi) is 4.69. The SMILES string of the molecule is O=P(Oc1ccccc1)(OC1C=Cc2ccccc21)OC1C=Cc2ccccc21. The largest absolute Gasteiger partial charge is 0.531 e. The third-order valence-corrected chi connectivity index (χ3v) is 6.36. The van der Waals surface area contributed by atoms with E-state index in [0.29, 0.717) is 5.75 Å². The van der Waals surface area contributed by atoms with Crippen LogP contribution in [0.2, 0.25) is 0 Å². The fraction of sp³-hybridized carbons (Fsp3) is 0.0833. The first-order valence-corrected chi connectivity index (χ1v) is 10.9. The van der Waals surface area contributed by atoms with Gasteiger partial charge in [-0.25, -0.2) is 4.57 Å². The highest BCUT2D eigenvalue weighted by molar-refractivity contribution is 7.49. The van der Waals surface area contributed by atoms with Crippen LogP contribution in [0, 0.1) is 0 Å². The normalized spacial score (nSPS) is 20.8. The topological polar surface area (TPSA) is 44.8 Å². The van der Waals surface area contributed by atoms with Crippen LogP contribution in [-0.2, 0) is 13.6 Å². The Morgan fingerprint density at radius 3 is 1.66 bits per heavy atom. The zero-order valence-corrected chi connectivity index (χ0v) is 16.4. The number of hydrogen-bond acceptors (Lipinski definition) is 4. The molecule has 144 valence electrons. The molecule has 2 unspecified atom stereocenters. The second-order valence-corrected chi connectivity index (χ2v) is 8.38. The van der Waals surface area contributed by atoms with E-state index < -0.39 is 20.0 Å². The van der Waals surface area contributed by atoms with Crippen LogP contribution in [0.5, 0.6) is 5.75 Å². The summed E-state index contributed by atoms with van der Waals surface area (Å²) in [5, 5.41) is 0. The van der Waals surface area contributed by atoms with Gasteiger partial charge in [0, 0.05) is 0 Å². The molecule has 0 amide bonds. The van der Waals surface area contributed by atoms with Crippen molar-refractivity contribution in [3.8, 4) is 5.75 Å². The van der Waals surface area contributed by atoms with Gasteiger partial charge in [0.15, 0.2) is 0 Å². The molecule has 3 aromatic carbocycles. The van der Waals surface area contributed by atoms with Gasteiger partial charge in [0.2, 0.25) is 0 Å². The molecule has 0 aromatic heterocycles. The molecule has 0 spiro atoms. The van der Waals surface area contributed by atoms with Crippen LogP contribution < -0.4 is 4.52 Å². The number of fused-ring (bicyclic) bond motifs is 2. The molecule has 5 rings (SSSR count). The van der Waals surface area contributed by atoms with Gasteiger partial charge >= 0.3 is 7.82 Å². The van der Waals surface area contributed by atoms with Crippen molar-refractivity contribution < 1.29 is 18.1 Å². The molecule has 2 atom stereocenters. The third kappa shape index (κ3) is 3.70. The van der Waals surface area contributed by atoms with E-state index in [1.807, 2.05) is 91.0 Å². The first-order valence-electron chi connectivity index (χ1n) is 9.46. The quantitative estimate of drug-likeness (QED) is 0.428. The zero-order chi connectivity index (χ0) is 19.7. The molecule has 0 saturated carbocycles. The van der Waals surface area contributed by atoms with Crippen LogP contribution >= 0.6 is 7.82 Å². The highest BCUT2D eigenvalue weighted by Gasteiger charge is 2.38. The van der Waals surface area contributed by atoms with Crippen molar-refractivity contribution in [2.24, 2.45) is 0 Å². The summed E-state index contributed by atoms with van der Waals surface area (Å²) in [5.41, 5.74) is 3.95. The predicted molar refractivity (Wildman–Crippen MR) is 113 cm³/mol. The monoisotopic (exact) mass is 402 g/mol. The number of rotatable bonds is 6. The summed E-state index contributed by atoms with van der Waals surface area (Å²) < 4.78 is 31.6. The van der Waals surface area contributed by atoms with Crippen molar-refractivity contribution in [1.29, 1.82) is 0 Å². The Balaban J connectivity index is 1.45. The second-order valence-electron chi connectivity index (χ2n) is 6.88. The molecular weight excluding hydrogens is 383 g/mol. The van der Waals surface area contributed by atoms with Gasteiger partial charge in [-0.05, 0) is 34.4 Å². The Bertz CT molecular complexity index is 1070. The molecule has 0 heterocycles. The first-order chi connectivity index (χ1) is 14.2. The summed E-state index contributed by atoms with van der Waals surface area (Å²) >= 11 is 0. The summed E-state index contributed by atoms with van der Waals surface area (Å²) in [4.78, 5) is 0. The van der Waals surface area contributed by atoms with E-state index in [0.717, 1.165) is 22.3 Å². The Hall–Kier alpha value is -2.91. The van der Waals surface area contributed by atoms with Gasteiger partial charge in [0.25, 0.3) is 0 Å². The summed E-state index contributed by atoms with van der Waals surface area (Å²) in [7, 11) is -3.95. The van der Waals surface area contributed by atoms with Gasteiger partial charge in [-0.1, -0.05) is 91.0 Å². The highest BCUT2D eigenvalue weighted by Crippen LogP contribution is 2.58. The lowest BCUT2D eigenvalue weighted by molar-refractivity contribution is 0.112. The first kappa shape index (κ1) is 18.1. The molecular formula is C24H19O4P. The van der Waals surface area contributed by atoms with E-state index in [2.05, 4.69) is 0 Å². The highest BCUT2D eigenvalue weighted by atomic mass is 31.2. The molecule has 0 bridgehead atoms. The predicted octanol–water partition coefficient (Wildman–Crippen LogP) is 6.74. The van der Waals surface area contributed by atoms with Crippen molar-refractivity contribution in [2.45, 2.75) is 12.2 Å². The van der Waals surface area contributed by atoms with Crippen molar-refractivity contribution in [3.05, 3.63) is 113 Å². The van der Waals surface area contributed by atoms with Gasteiger partial charge in [0.05, 0.1) is 0 Å². The number of phosphoric ester groups is 1. The van der Waals surface area contributed by atoms with Crippen molar-refractivity contribution in [3.63, 3.8) is 0 Å². The minimum absolute atomic E-state index is 0.432. The fourth-order valence-corrected chi connectivity index (χ4v) is 5.01. The smallest absolute Gasteiger partial charge is 0.404 e. The lowest BCUT2D eigenvalue weighted by Crippen LogP contribution is -2.08. The second kappa shape index (κ2) is 7.49. The molecule has 0 N–H and O–H groups in total. The van der Waals surface area contributed by atoms with Crippen LogP contribution in [-0.4, -0.2) is 0 Å². The number of hydrogen-bond donors (Lipinski definition) is 0. The minimum atomic E-state index is -3.95. The average molecular weight is 402 g/mol. The van der Waals surface area contributed by atoms with Crippen molar-refractivity contribution >= 4 is 20.0 Å². The van der Waals surface area contributed by atoms with Gasteiger partial charge < -0.3 is 4.52 Å². The molecule has 2 aliphatic carbocycles. The zero-order valence-electron chi connectivity index (χ0n) is 15.5.